The summed E-state index contributed by atoms with van der Waals surface area (Å²) < 4.78 is 20.3. The van der Waals surface area contributed by atoms with Crippen LogP contribution in [0, 0.1) is 5.82 Å². The third kappa shape index (κ3) is 4.31. The molecule has 0 saturated carbocycles. The Labute approximate surface area is 150 Å². The maximum atomic E-state index is 14.5. The summed E-state index contributed by atoms with van der Waals surface area (Å²) in [6.07, 6.45) is 8.87. The van der Waals surface area contributed by atoms with Gasteiger partial charge in [0.05, 0.1) is 0 Å². The van der Waals surface area contributed by atoms with Gasteiger partial charge in [-0.2, -0.15) is 0 Å². The fourth-order valence-corrected chi connectivity index (χ4v) is 3.67. The normalized spacial score (nSPS) is 16.8. The van der Waals surface area contributed by atoms with Crippen molar-refractivity contribution in [2.24, 2.45) is 0 Å². The van der Waals surface area contributed by atoms with Crippen molar-refractivity contribution in [1.29, 1.82) is 0 Å². The van der Waals surface area contributed by atoms with Crippen LogP contribution < -0.4 is 4.74 Å². The highest BCUT2D eigenvalue weighted by atomic mass is 19.1. The number of benzene rings is 2. The minimum Gasteiger partial charge on any atom is -0.490 e. The third-order valence-corrected chi connectivity index (χ3v) is 5.03. The van der Waals surface area contributed by atoms with Crippen LogP contribution in [0.15, 0.2) is 48.6 Å². The van der Waals surface area contributed by atoms with Crippen LogP contribution in [-0.2, 0) is 19.3 Å². The first kappa shape index (κ1) is 17.7. The van der Waals surface area contributed by atoms with Gasteiger partial charge in [0, 0.05) is 0 Å². The first-order chi connectivity index (χ1) is 12.2. The highest BCUT2D eigenvalue weighted by Crippen LogP contribution is 2.35. The summed E-state index contributed by atoms with van der Waals surface area (Å²) >= 11 is 0. The second-order valence-corrected chi connectivity index (χ2v) is 6.86. The molecule has 2 aromatic carbocycles. The number of rotatable bonds is 6. The smallest absolute Gasteiger partial charge is 0.126 e. The molecule has 0 saturated heterocycles. The van der Waals surface area contributed by atoms with Gasteiger partial charge < -0.3 is 4.74 Å². The molecule has 0 heterocycles. The van der Waals surface area contributed by atoms with Gasteiger partial charge in [-0.25, -0.2) is 4.39 Å². The lowest BCUT2D eigenvalue weighted by Crippen LogP contribution is -2.14. The average Bonchev–Trinajstić information content (AvgIpc) is 2.62. The first-order valence-electron chi connectivity index (χ1n) is 9.35. The molecule has 0 amide bonds. The van der Waals surface area contributed by atoms with E-state index in [2.05, 4.69) is 25.1 Å². The van der Waals surface area contributed by atoms with E-state index in [-0.39, 0.29) is 11.7 Å². The number of aryl methyl sites for hydroxylation is 2. The van der Waals surface area contributed by atoms with Crippen molar-refractivity contribution in [2.75, 3.05) is 6.61 Å². The summed E-state index contributed by atoms with van der Waals surface area (Å²) in [6, 6.07) is 12.2. The summed E-state index contributed by atoms with van der Waals surface area (Å²) in [4.78, 5) is 0. The Morgan fingerprint density at radius 2 is 2.04 bits per heavy atom. The summed E-state index contributed by atoms with van der Waals surface area (Å²) in [6.45, 7) is 4.72. The molecule has 0 aliphatic heterocycles. The van der Waals surface area contributed by atoms with Crippen LogP contribution in [0.25, 0.3) is 0 Å². The van der Waals surface area contributed by atoms with Gasteiger partial charge in [0.25, 0.3) is 0 Å². The molecule has 0 aromatic heterocycles. The van der Waals surface area contributed by atoms with E-state index in [9.17, 15) is 4.39 Å². The average molecular weight is 338 g/mol. The van der Waals surface area contributed by atoms with Crippen molar-refractivity contribution in [3.8, 4) is 5.75 Å². The molecule has 132 valence electrons. The Balaban J connectivity index is 1.73. The second kappa shape index (κ2) is 8.33. The van der Waals surface area contributed by atoms with E-state index in [1.165, 1.54) is 11.1 Å². The van der Waals surface area contributed by atoms with E-state index in [1.807, 2.05) is 31.2 Å². The molecule has 0 bridgehead atoms. The number of hydrogen-bond donors (Lipinski definition) is 0. The van der Waals surface area contributed by atoms with Crippen LogP contribution in [0.1, 0.15) is 54.9 Å². The monoisotopic (exact) mass is 338 g/mol. The van der Waals surface area contributed by atoms with Crippen molar-refractivity contribution in [3.05, 3.63) is 76.6 Å². The zero-order valence-electron chi connectivity index (χ0n) is 15.2. The standard InChI is InChI=1S/C23H27FO/c1-3-5-13-25-21-11-10-18-15-20(9-8-19(18)16-21)22-12-7-17(6-4-2)14-23(22)24/h3,5,7,10-12,14,16,20H,4,6,8-9,13,15H2,1-2H3. The molecule has 1 atom stereocenters. The van der Waals surface area contributed by atoms with Gasteiger partial charge in [-0.15, -0.1) is 0 Å². The maximum absolute atomic E-state index is 14.5. The molecule has 25 heavy (non-hydrogen) atoms. The quantitative estimate of drug-likeness (QED) is 0.586. The van der Waals surface area contributed by atoms with E-state index in [1.54, 1.807) is 6.07 Å². The molecular formula is C23H27FO. The largest absolute Gasteiger partial charge is 0.490 e. The topological polar surface area (TPSA) is 9.23 Å². The molecule has 1 aliphatic rings. The highest BCUT2D eigenvalue weighted by molar-refractivity contribution is 5.40. The molecule has 1 aliphatic carbocycles. The fraction of sp³-hybridized carbons (Fsp3) is 0.391. The van der Waals surface area contributed by atoms with Crippen LogP contribution in [-0.4, -0.2) is 6.61 Å². The van der Waals surface area contributed by atoms with Gasteiger partial charge in [0.15, 0.2) is 0 Å². The molecule has 2 heteroatoms. The number of ether oxygens (including phenoxy) is 1. The van der Waals surface area contributed by atoms with Crippen molar-refractivity contribution < 1.29 is 9.13 Å². The third-order valence-electron chi connectivity index (χ3n) is 5.03. The highest BCUT2D eigenvalue weighted by Gasteiger charge is 2.23. The van der Waals surface area contributed by atoms with Crippen molar-refractivity contribution in [1.82, 2.24) is 0 Å². The Morgan fingerprint density at radius 1 is 1.16 bits per heavy atom. The lowest BCUT2D eigenvalue weighted by molar-refractivity contribution is 0.361. The van der Waals surface area contributed by atoms with Crippen molar-refractivity contribution in [3.63, 3.8) is 0 Å². The van der Waals surface area contributed by atoms with Crippen LogP contribution >= 0.6 is 0 Å². The molecular weight excluding hydrogens is 311 g/mol. The molecule has 0 radical (unpaired) electrons. The number of fused-ring (bicyclic) bond motifs is 1. The minimum atomic E-state index is -0.0364. The number of allylic oxidation sites excluding steroid dienone is 1. The van der Waals surface area contributed by atoms with Crippen LogP contribution in [0.4, 0.5) is 4.39 Å². The lowest BCUT2D eigenvalue weighted by atomic mass is 9.79. The molecule has 2 aromatic rings. The van der Waals surface area contributed by atoms with Gasteiger partial charge in [-0.3, -0.25) is 0 Å². The summed E-state index contributed by atoms with van der Waals surface area (Å²) in [5, 5.41) is 0. The van der Waals surface area contributed by atoms with E-state index in [4.69, 9.17) is 4.74 Å². The Kier molecular flexibility index (Phi) is 5.91. The number of hydrogen-bond acceptors (Lipinski definition) is 1. The van der Waals surface area contributed by atoms with Gasteiger partial charge in [-0.05, 0) is 79.0 Å². The SMILES string of the molecule is CC=CCOc1ccc2c(c1)CCC(c1ccc(CCC)cc1F)C2. The lowest BCUT2D eigenvalue weighted by Gasteiger charge is -2.26. The maximum Gasteiger partial charge on any atom is 0.126 e. The van der Waals surface area contributed by atoms with E-state index < -0.39 is 0 Å². The van der Waals surface area contributed by atoms with Crippen molar-refractivity contribution >= 4 is 0 Å². The molecule has 1 unspecified atom stereocenters. The Morgan fingerprint density at radius 3 is 2.80 bits per heavy atom. The van der Waals surface area contributed by atoms with Crippen LogP contribution in [0.3, 0.4) is 0 Å². The number of halogens is 1. The first-order valence-corrected chi connectivity index (χ1v) is 9.35. The van der Waals surface area contributed by atoms with Crippen LogP contribution in [0.2, 0.25) is 0 Å². The van der Waals surface area contributed by atoms with Gasteiger partial charge in [-0.1, -0.05) is 43.7 Å². The summed E-state index contributed by atoms with van der Waals surface area (Å²) in [7, 11) is 0. The Bertz CT molecular complexity index is 748. The minimum absolute atomic E-state index is 0.0364. The zero-order chi connectivity index (χ0) is 17.6. The second-order valence-electron chi connectivity index (χ2n) is 6.86. The molecule has 0 fully saturated rings. The zero-order valence-corrected chi connectivity index (χ0v) is 15.2. The predicted molar refractivity (Wildman–Crippen MR) is 102 cm³/mol. The molecule has 0 N–H and O–H groups in total. The fourth-order valence-electron chi connectivity index (χ4n) is 3.67. The van der Waals surface area contributed by atoms with Gasteiger partial charge >= 0.3 is 0 Å². The summed E-state index contributed by atoms with van der Waals surface area (Å²) in [5.74, 6) is 1.16. The Hall–Kier alpha value is -2.09. The van der Waals surface area contributed by atoms with E-state index >= 15 is 0 Å². The summed E-state index contributed by atoms with van der Waals surface area (Å²) in [5.41, 5.74) is 4.64. The van der Waals surface area contributed by atoms with Gasteiger partial charge in [0.1, 0.15) is 18.2 Å². The van der Waals surface area contributed by atoms with E-state index in [0.29, 0.717) is 6.61 Å². The molecule has 1 nitrogen and oxygen atoms in total. The van der Waals surface area contributed by atoms with E-state index in [0.717, 1.165) is 49.0 Å². The van der Waals surface area contributed by atoms with Crippen molar-refractivity contribution in [2.45, 2.75) is 51.9 Å². The molecule has 3 rings (SSSR count). The predicted octanol–water partition coefficient (Wildman–Crippen LogP) is 6.01. The van der Waals surface area contributed by atoms with Gasteiger partial charge in [0.2, 0.25) is 0 Å². The van der Waals surface area contributed by atoms with Crippen LogP contribution in [0.5, 0.6) is 5.75 Å². The molecule has 0 spiro atoms.